The van der Waals surface area contributed by atoms with Crippen molar-refractivity contribution in [1.29, 1.82) is 0 Å². The van der Waals surface area contributed by atoms with Crippen LogP contribution in [0.3, 0.4) is 0 Å². The van der Waals surface area contributed by atoms with Gasteiger partial charge in [-0.05, 0) is 73.7 Å². The van der Waals surface area contributed by atoms with Crippen molar-refractivity contribution in [3.63, 3.8) is 0 Å². The first-order chi connectivity index (χ1) is 23.9. The lowest BCUT2D eigenvalue weighted by Gasteiger charge is -2.34. The third kappa shape index (κ3) is 5.90. The number of imide groups is 2. The number of carbonyl (C=O) groups is 4. The fourth-order valence-corrected chi connectivity index (χ4v) is 7.00. The van der Waals surface area contributed by atoms with Gasteiger partial charge in [-0.1, -0.05) is 24.3 Å². The van der Waals surface area contributed by atoms with Gasteiger partial charge in [0.15, 0.2) is 0 Å². The lowest BCUT2D eigenvalue weighted by atomic mass is 10.0. The second kappa shape index (κ2) is 12.6. The Hall–Kier alpha value is -5.91. The highest BCUT2D eigenvalue weighted by Crippen LogP contribution is 2.31. The molecule has 3 aliphatic rings. The Morgan fingerprint density at radius 1 is 0.837 bits per heavy atom. The molecule has 12 heteroatoms. The summed E-state index contributed by atoms with van der Waals surface area (Å²) in [6, 6.07) is 20.8. The molecular weight excluding hydrogens is 620 g/mol. The van der Waals surface area contributed by atoms with Crippen LogP contribution in [0.4, 0.5) is 11.4 Å². The van der Waals surface area contributed by atoms with E-state index < -0.39 is 29.7 Å². The van der Waals surface area contributed by atoms with Crippen LogP contribution in [-0.4, -0.2) is 74.0 Å². The maximum Gasteiger partial charge on any atom is 0.262 e. The Balaban J connectivity index is 0.856. The zero-order chi connectivity index (χ0) is 33.5. The third-order valence-electron chi connectivity index (χ3n) is 9.64. The molecule has 3 aromatic carbocycles. The molecule has 0 saturated carbocycles. The number of para-hydroxylation sites is 2. The van der Waals surface area contributed by atoms with Crippen molar-refractivity contribution < 1.29 is 19.2 Å². The summed E-state index contributed by atoms with van der Waals surface area (Å²) in [5, 5.41) is 10.3. The first kappa shape index (κ1) is 30.4. The molecule has 1 atom stereocenters. The molecule has 0 spiro atoms. The van der Waals surface area contributed by atoms with Gasteiger partial charge < -0.3 is 10.2 Å². The number of piperidine rings is 2. The topological polar surface area (TPSA) is 142 Å². The number of hydrogen-bond donors (Lipinski definition) is 2. The summed E-state index contributed by atoms with van der Waals surface area (Å²) in [5.41, 5.74) is 7.18. The predicted molar refractivity (Wildman–Crippen MR) is 183 cm³/mol. The molecule has 2 aromatic heterocycles. The summed E-state index contributed by atoms with van der Waals surface area (Å²) in [4.78, 5) is 62.8. The van der Waals surface area contributed by atoms with Gasteiger partial charge in [0.1, 0.15) is 6.04 Å². The van der Waals surface area contributed by atoms with E-state index in [4.69, 9.17) is 4.98 Å². The smallest absolute Gasteiger partial charge is 0.262 e. The number of aromatic nitrogens is 4. The molecule has 12 nitrogen and oxygen atoms in total. The molecule has 8 rings (SSSR count). The van der Waals surface area contributed by atoms with Gasteiger partial charge in [0.25, 0.3) is 11.8 Å². The number of hydrogen-bond acceptors (Lipinski definition) is 9. The average molecular weight is 655 g/mol. The first-order valence-electron chi connectivity index (χ1n) is 16.6. The number of nitrogens with one attached hydrogen (secondary N) is 2. The minimum Gasteiger partial charge on any atom is -0.385 e. The number of anilines is 2. The van der Waals surface area contributed by atoms with E-state index in [1.54, 1.807) is 18.2 Å². The van der Waals surface area contributed by atoms with Crippen LogP contribution in [0, 0.1) is 0 Å². The summed E-state index contributed by atoms with van der Waals surface area (Å²) in [5.74, 6) is -2.03. The Kier molecular flexibility index (Phi) is 7.83. The molecule has 2 fully saturated rings. The Labute approximate surface area is 282 Å². The maximum atomic E-state index is 13.2. The molecular formula is C37H34N8O4. The number of fused-ring (bicyclic) bond motifs is 2. The van der Waals surface area contributed by atoms with Gasteiger partial charge in [-0.25, -0.2) is 4.98 Å². The quantitative estimate of drug-likeness (QED) is 0.233. The second-order valence-corrected chi connectivity index (χ2v) is 12.7. The number of amides is 4. The van der Waals surface area contributed by atoms with Gasteiger partial charge in [-0.3, -0.25) is 39.1 Å². The highest BCUT2D eigenvalue weighted by molar-refractivity contribution is 6.23. The predicted octanol–water partition coefficient (Wildman–Crippen LogP) is 4.39. The number of carbonyl (C=O) groups excluding carboxylic acids is 4. The Morgan fingerprint density at radius 2 is 1.65 bits per heavy atom. The van der Waals surface area contributed by atoms with Crippen LogP contribution < -0.4 is 15.5 Å². The molecule has 1 unspecified atom stereocenters. The van der Waals surface area contributed by atoms with Crippen molar-refractivity contribution in [2.75, 3.05) is 29.9 Å². The maximum absolute atomic E-state index is 13.2. The van der Waals surface area contributed by atoms with Gasteiger partial charge in [0.05, 0.1) is 46.3 Å². The molecule has 0 bridgehead atoms. The van der Waals surface area contributed by atoms with E-state index in [1.165, 1.54) is 11.3 Å². The van der Waals surface area contributed by atoms with Gasteiger partial charge >= 0.3 is 0 Å². The van der Waals surface area contributed by atoms with Crippen LogP contribution in [0.2, 0.25) is 0 Å². The van der Waals surface area contributed by atoms with E-state index in [2.05, 4.69) is 60.8 Å². The van der Waals surface area contributed by atoms with Crippen molar-refractivity contribution >= 4 is 46.0 Å². The van der Waals surface area contributed by atoms with E-state index in [1.807, 2.05) is 36.7 Å². The van der Waals surface area contributed by atoms with Crippen LogP contribution >= 0.6 is 0 Å². The summed E-state index contributed by atoms with van der Waals surface area (Å²) in [6.45, 7) is 2.48. The fourth-order valence-electron chi connectivity index (χ4n) is 7.00. The molecule has 0 radical (unpaired) electrons. The fraction of sp³-hybridized carbons (Fsp3) is 0.270. The van der Waals surface area contributed by atoms with Crippen molar-refractivity contribution in [2.45, 2.75) is 44.2 Å². The molecule has 5 heterocycles. The van der Waals surface area contributed by atoms with E-state index in [-0.39, 0.29) is 24.0 Å². The summed E-state index contributed by atoms with van der Waals surface area (Å²) in [6.07, 6.45) is 8.72. The Morgan fingerprint density at radius 3 is 2.49 bits per heavy atom. The highest BCUT2D eigenvalue weighted by atomic mass is 16.2. The molecule has 49 heavy (non-hydrogen) atoms. The minimum absolute atomic E-state index is 0.0891. The van der Waals surface area contributed by atoms with E-state index in [0.29, 0.717) is 12.6 Å². The first-order valence-corrected chi connectivity index (χ1v) is 16.6. The van der Waals surface area contributed by atoms with E-state index in [9.17, 15) is 19.2 Å². The van der Waals surface area contributed by atoms with Gasteiger partial charge in [0.2, 0.25) is 11.8 Å². The Bertz CT molecular complexity index is 2120. The standard InChI is InChI=1S/C37H34N8O4/c46-34-11-10-33(35(47)42-34)45-36(48)28-9-8-25(19-29(28)37(45)49)38-15-12-23-4-3-5-27(18-23)43-16-13-26(14-17-43)44-22-24(20-40-44)32-21-39-30-6-1-2-7-31(30)41-32/h1-9,18-22,26,33,38H,10-17H2,(H,42,46,47). The molecule has 3 aliphatic heterocycles. The van der Waals surface area contributed by atoms with Crippen molar-refractivity contribution in [3.05, 3.63) is 102 Å². The third-order valence-corrected chi connectivity index (χ3v) is 9.64. The molecule has 4 amide bonds. The summed E-state index contributed by atoms with van der Waals surface area (Å²) in [7, 11) is 0. The van der Waals surface area contributed by atoms with Crippen molar-refractivity contribution in [1.82, 2.24) is 30.0 Å². The normalized spacial score (nSPS) is 18.2. The highest BCUT2D eigenvalue weighted by Gasteiger charge is 2.44. The van der Waals surface area contributed by atoms with Gasteiger partial charge in [-0.2, -0.15) is 5.10 Å². The van der Waals surface area contributed by atoms with E-state index in [0.717, 1.165) is 65.2 Å². The zero-order valence-corrected chi connectivity index (χ0v) is 26.7. The molecule has 2 N–H and O–H groups in total. The lowest BCUT2D eigenvalue weighted by Crippen LogP contribution is -2.54. The second-order valence-electron chi connectivity index (χ2n) is 12.7. The number of benzene rings is 3. The van der Waals surface area contributed by atoms with E-state index >= 15 is 0 Å². The molecule has 246 valence electrons. The van der Waals surface area contributed by atoms with Crippen LogP contribution in [0.15, 0.2) is 85.3 Å². The largest absolute Gasteiger partial charge is 0.385 e. The monoisotopic (exact) mass is 654 g/mol. The minimum atomic E-state index is -0.977. The van der Waals surface area contributed by atoms with Crippen molar-refractivity contribution in [2.24, 2.45) is 0 Å². The molecule has 2 saturated heterocycles. The van der Waals surface area contributed by atoms with Crippen LogP contribution in [0.1, 0.15) is 58.0 Å². The molecule has 5 aromatic rings. The van der Waals surface area contributed by atoms with Crippen LogP contribution in [0.25, 0.3) is 22.3 Å². The summed E-state index contributed by atoms with van der Waals surface area (Å²) >= 11 is 0. The molecule has 0 aliphatic carbocycles. The van der Waals surface area contributed by atoms with Crippen molar-refractivity contribution in [3.8, 4) is 11.3 Å². The van der Waals surface area contributed by atoms with Gasteiger partial charge in [-0.15, -0.1) is 0 Å². The number of rotatable bonds is 8. The van der Waals surface area contributed by atoms with Crippen LogP contribution in [-0.2, 0) is 16.0 Å². The lowest BCUT2D eigenvalue weighted by molar-refractivity contribution is -0.136. The zero-order valence-electron chi connectivity index (χ0n) is 26.7. The van der Waals surface area contributed by atoms with Crippen LogP contribution in [0.5, 0.6) is 0 Å². The summed E-state index contributed by atoms with van der Waals surface area (Å²) < 4.78 is 2.07. The SMILES string of the molecule is O=C1CCC(N2C(=O)c3ccc(NCCc4cccc(N5CCC(n6cc(-c7cnc8ccccc8n7)cn6)CC5)c4)cc3C2=O)C(=O)N1. The average Bonchev–Trinajstić information content (AvgIpc) is 3.71. The van der Waals surface area contributed by atoms with Gasteiger partial charge in [0, 0.05) is 49.2 Å². The number of nitrogens with zero attached hydrogens (tertiary/aromatic N) is 6.